The lowest BCUT2D eigenvalue weighted by atomic mass is 9.47. The molecule has 348 valence electrons. The van der Waals surface area contributed by atoms with Gasteiger partial charge in [0.15, 0.2) is 18.9 Å². The van der Waals surface area contributed by atoms with E-state index in [1.54, 1.807) is 0 Å². The van der Waals surface area contributed by atoms with Gasteiger partial charge in [0.2, 0.25) is 0 Å². The number of allylic oxidation sites excluding steroid dienone is 2. The van der Waals surface area contributed by atoms with Crippen molar-refractivity contribution in [3.63, 3.8) is 0 Å². The van der Waals surface area contributed by atoms with Crippen molar-refractivity contribution < 1.29 is 79.1 Å². The molecule has 8 aliphatic rings. The molecule has 3 saturated carbocycles. The van der Waals surface area contributed by atoms with Crippen LogP contribution in [0.3, 0.4) is 0 Å². The van der Waals surface area contributed by atoms with E-state index in [-0.39, 0.29) is 35.6 Å². The summed E-state index contributed by atoms with van der Waals surface area (Å²) in [4.78, 5) is 0. The molecule has 0 spiro atoms. The first kappa shape index (κ1) is 46.2. The van der Waals surface area contributed by atoms with Gasteiger partial charge in [-0.25, -0.2) is 0 Å². The quantitative estimate of drug-likeness (QED) is 0.132. The lowest BCUT2D eigenvalue weighted by Gasteiger charge is -2.58. The van der Waals surface area contributed by atoms with Crippen molar-refractivity contribution in [1.82, 2.24) is 0 Å². The van der Waals surface area contributed by atoms with E-state index in [0.29, 0.717) is 36.5 Å². The third kappa shape index (κ3) is 8.09. The van der Waals surface area contributed by atoms with E-state index in [2.05, 4.69) is 33.8 Å². The van der Waals surface area contributed by atoms with E-state index in [0.717, 1.165) is 50.7 Å². The summed E-state index contributed by atoms with van der Waals surface area (Å²) in [6, 6.07) is 0. The lowest BCUT2D eigenvalue weighted by molar-refractivity contribution is -0.393. The van der Waals surface area contributed by atoms with E-state index in [9.17, 15) is 46.0 Å². The second kappa shape index (κ2) is 17.8. The number of hydrogen-bond acceptors (Lipinski definition) is 16. The molecule has 4 aliphatic heterocycles. The minimum Gasteiger partial charge on any atom is -0.494 e. The van der Waals surface area contributed by atoms with Gasteiger partial charge in [-0.1, -0.05) is 32.4 Å². The average molecular weight is 869 g/mol. The first-order valence-corrected chi connectivity index (χ1v) is 22.9. The number of ether oxygens (including phenoxy) is 7. The molecule has 0 radical (unpaired) electrons. The molecular formula is C45H72O16. The van der Waals surface area contributed by atoms with Crippen LogP contribution in [-0.4, -0.2) is 163 Å². The Morgan fingerprint density at radius 2 is 1.39 bits per heavy atom. The predicted octanol–water partition coefficient (Wildman–Crippen LogP) is 1.15. The summed E-state index contributed by atoms with van der Waals surface area (Å²) in [6.07, 6.45) is -11.2. The predicted molar refractivity (Wildman–Crippen MR) is 215 cm³/mol. The molecule has 0 unspecified atom stereocenters. The van der Waals surface area contributed by atoms with Crippen LogP contribution in [0.4, 0.5) is 0 Å². The van der Waals surface area contributed by atoms with Crippen LogP contribution in [0.25, 0.3) is 0 Å². The smallest absolute Gasteiger partial charge is 0.187 e. The highest BCUT2D eigenvalue weighted by Gasteiger charge is 2.64. The van der Waals surface area contributed by atoms with Crippen LogP contribution in [0.2, 0.25) is 0 Å². The van der Waals surface area contributed by atoms with Gasteiger partial charge in [0.25, 0.3) is 0 Å². The van der Waals surface area contributed by atoms with Gasteiger partial charge in [-0.05, 0) is 112 Å². The van der Waals surface area contributed by atoms with Crippen molar-refractivity contribution in [3.8, 4) is 0 Å². The molecule has 0 aromatic rings. The monoisotopic (exact) mass is 868 g/mol. The number of aliphatic hydroxyl groups excluding tert-OH is 9. The Hall–Kier alpha value is -1.32. The van der Waals surface area contributed by atoms with Gasteiger partial charge >= 0.3 is 0 Å². The van der Waals surface area contributed by atoms with Crippen LogP contribution in [0, 0.1) is 40.4 Å². The zero-order valence-electron chi connectivity index (χ0n) is 36.4. The molecule has 16 heteroatoms. The van der Waals surface area contributed by atoms with Gasteiger partial charge in [-0.3, -0.25) is 0 Å². The molecule has 3 saturated heterocycles. The van der Waals surface area contributed by atoms with Crippen molar-refractivity contribution >= 4 is 0 Å². The molecule has 16 nitrogen and oxygen atoms in total. The Kier molecular flexibility index (Phi) is 13.5. The second-order valence-electron chi connectivity index (χ2n) is 20.4. The number of aliphatic hydroxyl groups is 9. The highest BCUT2D eigenvalue weighted by atomic mass is 16.8. The first-order chi connectivity index (χ1) is 28.9. The Morgan fingerprint density at radius 3 is 2.02 bits per heavy atom. The van der Waals surface area contributed by atoms with Crippen LogP contribution < -0.4 is 0 Å². The van der Waals surface area contributed by atoms with Crippen molar-refractivity contribution in [1.29, 1.82) is 0 Å². The van der Waals surface area contributed by atoms with Crippen LogP contribution in [0.1, 0.15) is 99.3 Å². The summed E-state index contributed by atoms with van der Waals surface area (Å²) in [7, 11) is 0. The van der Waals surface area contributed by atoms with E-state index < -0.39 is 98.7 Å². The first-order valence-electron chi connectivity index (χ1n) is 22.9. The highest BCUT2D eigenvalue weighted by molar-refractivity contribution is 5.30. The summed E-state index contributed by atoms with van der Waals surface area (Å²) in [5.41, 5.74) is 2.86. The molecule has 0 bridgehead atoms. The zero-order valence-corrected chi connectivity index (χ0v) is 36.4. The Morgan fingerprint density at radius 1 is 0.754 bits per heavy atom. The minimum absolute atomic E-state index is 0.0400. The van der Waals surface area contributed by atoms with Crippen LogP contribution in [-0.2, 0) is 33.2 Å². The fourth-order valence-electron chi connectivity index (χ4n) is 13.0. The standard InChI is InChI=1S/C45H72O16/c1-19(17-46)7-10-28-20(2)31-29(58-28)16-27-25-9-8-23-15-24(11-13-44(23,5)26(25)12-14-45(27,31)6)57-43-40(61-42-38(54)36(52)33(49)22(4)56-42)39(34(50)30(18-47)59-43)60-41-37(53)35(51)32(48)21(3)55-41/h8,19,21-22,24-27,29-43,46-54H,7,9-18H2,1-6H3/t19-,21-,22-,24-,25+,26-,27+,29-,30+,31-,32-,33-,34+,35+,36+,37+,38+,39-,40+,41-,42-,43+,44-,45-/m0/s1. The van der Waals surface area contributed by atoms with Gasteiger partial charge in [0.1, 0.15) is 67.1 Å². The van der Waals surface area contributed by atoms with Crippen molar-refractivity contribution in [3.05, 3.63) is 23.0 Å². The molecule has 6 fully saturated rings. The third-order valence-electron chi connectivity index (χ3n) is 16.8. The maximum absolute atomic E-state index is 11.6. The zero-order chi connectivity index (χ0) is 43.9. The van der Waals surface area contributed by atoms with E-state index in [4.69, 9.17) is 33.2 Å². The van der Waals surface area contributed by atoms with Crippen LogP contribution in [0.15, 0.2) is 23.0 Å². The summed E-state index contributed by atoms with van der Waals surface area (Å²) in [5.74, 6) is 3.39. The summed E-state index contributed by atoms with van der Waals surface area (Å²) >= 11 is 0. The number of rotatable bonds is 11. The van der Waals surface area contributed by atoms with E-state index in [1.165, 1.54) is 25.0 Å². The molecular weight excluding hydrogens is 796 g/mol. The van der Waals surface area contributed by atoms with Gasteiger partial charge in [0.05, 0.1) is 30.7 Å². The molecule has 4 heterocycles. The van der Waals surface area contributed by atoms with Crippen molar-refractivity contribution in [2.45, 2.75) is 204 Å². The summed E-state index contributed by atoms with van der Waals surface area (Å²) < 4.78 is 43.6. The fourth-order valence-corrected chi connectivity index (χ4v) is 13.0. The molecule has 8 rings (SSSR count). The molecule has 9 N–H and O–H groups in total. The molecule has 0 aromatic heterocycles. The third-order valence-corrected chi connectivity index (χ3v) is 16.8. The van der Waals surface area contributed by atoms with Crippen LogP contribution >= 0.6 is 0 Å². The number of fused-ring (bicyclic) bond motifs is 7. The lowest BCUT2D eigenvalue weighted by Crippen LogP contribution is -2.67. The molecule has 4 aliphatic carbocycles. The van der Waals surface area contributed by atoms with Gasteiger partial charge < -0.3 is 79.1 Å². The van der Waals surface area contributed by atoms with Gasteiger partial charge in [-0.2, -0.15) is 0 Å². The second-order valence-corrected chi connectivity index (χ2v) is 20.4. The van der Waals surface area contributed by atoms with E-state index in [1.807, 2.05) is 0 Å². The maximum atomic E-state index is 11.6. The Labute approximate surface area is 358 Å². The maximum Gasteiger partial charge on any atom is 0.187 e. The summed E-state index contributed by atoms with van der Waals surface area (Å²) in [5, 5.41) is 95.4. The fraction of sp³-hybridized carbons (Fsp3) is 0.911. The SMILES string of the molecule is CC1=C(CC[C@H](C)CO)O[C@H]2C[C@@H]3[C@@H]4CC=C5C[C@@H](O[C@@H]6O[C@H](CO)[C@@H](O)[C@H](O[C@@H]7O[C@@H](C)[C@H](O)[C@@H](O)[C@H]7O)[C@H]6O[C@@H]6O[C@@H](C)[C@H](O)[C@@H](O)[C@H]6O)CC[C@]5(C)[C@H]4CC[C@]3(C)[C@@H]12. The van der Waals surface area contributed by atoms with Gasteiger partial charge in [-0.15, -0.1) is 0 Å². The van der Waals surface area contributed by atoms with E-state index >= 15 is 0 Å². The van der Waals surface area contributed by atoms with Crippen LogP contribution in [0.5, 0.6) is 0 Å². The number of hydrogen-bond donors (Lipinski definition) is 9. The average Bonchev–Trinajstić information content (AvgIpc) is 3.73. The molecule has 0 aromatic carbocycles. The molecule has 61 heavy (non-hydrogen) atoms. The van der Waals surface area contributed by atoms with Crippen molar-refractivity contribution in [2.24, 2.45) is 40.4 Å². The molecule has 24 atom stereocenters. The summed E-state index contributed by atoms with van der Waals surface area (Å²) in [6.45, 7) is 11.8. The van der Waals surface area contributed by atoms with Crippen molar-refractivity contribution in [2.75, 3.05) is 13.2 Å². The largest absolute Gasteiger partial charge is 0.494 e. The Balaban J connectivity index is 1.01. The normalized spacial score (nSPS) is 52.7. The Bertz CT molecular complexity index is 1610. The topological polar surface area (TPSA) is 247 Å². The minimum atomic E-state index is -1.74. The highest BCUT2D eigenvalue weighted by Crippen LogP contribution is 2.69. The molecule has 0 amide bonds. The van der Waals surface area contributed by atoms with Gasteiger partial charge in [0, 0.05) is 18.9 Å².